The molecule has 1 aromatic carbocycles. The Morgan fingerprint density at radius 2 is 1.79 bits per heavy atom. The van der Waals surface area contributed by atoms with Crippen molar-refractivity contribution >= 4 is 23.4 Å². The maximum absolute atomic E-state index is 13.5. The fourth-order valence-corrected chi connectivity index (χ4v) is 7.13. The van der Waals surface area contributed by atoms with E-state index in [1.54, 1.807) is 0 Å². The summed E-state index contributed by atoms with van der Waals surface area (Å²) in [5.74, 6) is 2.36. The predicted molar refractivity (Wildman–Crippen MR) is 186 cm³/mol. The van der Waals surface area contributed by atoms with Gasteiger partial charge in [-0.15, -0.1) is 10.2 Å². The van der Waals surface area contributed by atoms with Crippen LogP contribution in [0.1, 0.15) is 88.8 Å². The number of morpholine rings is 1. The average Bonchev–Trinajstić information content (AvgIpc) is 3.69. The number of hydrogen-bond acceptors (Lipinski definition) is 8. The number of nitrogens with zero attached hydrogens (tertiary/aromatic N) is 7. The molecule has 2 N–H and O–H groups in total. The van der Waals surface area contributed by atoms with Crippen molar-refractivity contribution in [2.24, 2.45) is 0 Å². The molecule has 12 heteroatoms. The van der Waals surface area contributed by atoms with Crippen LogP contribution in [0.3, 0.4) is 0 Å². The molecule has 0 spiro atoms. The van der Waals surface area contributed by atoms with Crippen LogP contribution in [0.4, 0.5) is 16.6 Å². The van der Waals surface area contributed by atoms with Crippen LogP contribution in [0.5, 0.6) is 5.75 Å². The van der Waals surface area contributed by atoms with Gasteiger partial charge in [-0.05, 0) is 62.3 Å². The molecule has 2 saturated heterocycles. The first-order valence-corrected chi connectivity index (χ1v) is 17.6. The third-order valence-electron chi connectivity index (χ3n) is 9.96. The summed E-state index contributed by atoms with van der Waals surface area (Å²) in [5, 5.41) is 20.2. The molecular formula is C36H49N9O3. The topological polar surface area (TPSA) is 114 Å². The van der Waals surface area contributed by atoms with Gasteiger partial charge in [0.1, 0.15) is 17.7 Å². The molecule has 2 fully saturated rings. The van der Waals surface area contributed by atoms with E-state index in [0.717, 1.165) is 99.2 Å². The van der Waals surface area contributed by atoms with Gasteiger partial charge >= 0.3 is 6.03 Å². The highest BCUT2D eigenvalue weighted by atomic mass is 16.5. The van der Waals surface area contributed by atoms with E-state index < -0.39 is 0 Å². The molecule has 4 aromatic rings. The van der Waals surface area contributed by atoms with Crippen LogP contribution in [0.2, 0.25) is 0 Å². The Labute approximate surface area is 282 Å². The zero-order valence-electron chi connectivity index (χ0n) is 28.7. The largest absolute Gasteiger partial charge is 0.484 e. The zero-order chi connectivity index (χ0) is 33.3. The van der Waals surface area contributed by atoms with Crippen molar-refractivity contribution in [1.82, 2.24) is 34.6 Å². The molecule has 0 saturated carbocycles. The van der Waals surface area contributed by atoms with Crippen molar-refractivity contribution in [2.45, 2.75) is 89.9 Å². The second-order valence-corrected chi connectivity index (χ2v) is 14.4. The third kappa shape index (κ3) is 7.00. The first kappa shape index (κ1) is 32.4. The minimum Gasteiger partial charge on any atom is -0.484 e. The Kier molecular flexibility index (Phi) is 9.28. The molecule has 5 heterocycles. The molecule has 3 atom stereocenters. The van der Waals surface area contributed by atoms with Gasteiger partial charge in [-0.25, -0.2) is 9.48 Å². The normalized spacial score (nSPS) is 22.0. The van der Waals surface area contributed by atoms with Crippen molar-refractivity contribution in [2.75, 3.05) is 49.6 Å². The number of aromatic nitrogens is 5. The lowest BCUT2D eigenvalue weighted by molar-refractivity contribution is 0.0360. The first-order chi connectivity index (χ1) is 23.2. The van der Waals surface area contributed by atoms with Gasteiger partial charge in [0.25, 0.3) is 0 Å². The number of rotatable bonds is 8. The van der Waals surface area contributed by atoms with E-state index in [2.05, 4.69) is 74.9 Å². The van der Waals surface area contributed by atoms with Gasteiger partial charge in [0.15, 0.2) is 5.65 Å². The predicted octanol–water partition coefficient (Wildman–Crippen LogP) is 5.71. The molecule has 2 amide bonds. The van der Waals surface area contributed by atoms with Gasteiger partial charge < -0.3 is 19.7 Å². The van der Waals surface area contributed by atoms with Crippen LogP contribution in [0.15, 0.2) is 48.7 Å². The number of fused-ring (bicyclic) bond motifs is 2. The number of ether oxygens (including phenoxy) is 2. The first-order valence-electron chi connectivity index (χ1n) is 17.6. The average molecular weight is 656 g/mol. The van der Waals surface area contributed by atoms with E-state index in [9.17, 15) is 4.79 Å². The Morgan fingerprint density at radius 1 is 0.979 bits per heavy atom. The molecule has 12 nitrogen and oxygen atoms in total. The highest BCUT2D eigenvalue weighted by Crippen LogP contribution is 2.39. The van der Waals surface area contributed by atoms with Crippen molar-refractivity contribution in [1.29, 1.82) is 0 Å². The molecule has 7 rings (SSSR count). The summed E-state index contributed by atoms with van der Waals surface area (Å²) < 4.78 is 16.1. The minimum atomic E-state index is -0.236. The van der Waals surface area contributed by atoms with Crippen LogP contribution in [0.25, 0.3) is 5.65 Å². The van der Waals surface area contributed by atoms with E-state index in [-0.39, 0.29) is 23.6 Å². The molecule has 256 valence electrons. The molecule has 3 aliphatic rings. The smallest absolute Gasteiger partial charge is 0.320 e. The van der Waals surface area contributed by atoms with Gasteiger partial charge in [-0.1, -0.05) is 45.0 Å². The lowest BCUT2D eigenvalue weighted by atomic mass is 9.85. The van der Waals surface area contributed by atoms with Gasteiger partial charge in [0, 0.05) is 43.7 Å². The van der Waals surface area contributed by atoms with Crippen molar-refractivity contribution in [3.8, 4) is 5.75 Å². The van der Waals surface area contributed by atoms with E-state index in [0.29, 0.717) is 18.4 Å². The van der Waals surface area contributed by atoms with Gasteiger partial charge in [0.05, 0.1) is 37.7 Å². The minimum absolute atomic E-state index is 0.135. The molecular weight excluding hydrogens is 606 g/mol. The summed E-state index contributed by atoms with van der Waals surface area (Å²) in [6.07, 6.45) is 6.98. The lowest BCUT2D eigenvalue weighted by Crippen LogP contribution is -2.39. The molecule has 3 aromatic heterocycles. The van der Waals surface area contributed by atoms with Crippen molar-refractivity contribution in [3.63, 3.8) is 0 Å². The molecule has 1 aliphatic carbocycles. The van der Waals surface area contributed by atoms with E-state index >= 15 is 0 Å². The number of piperidine rings is 1. The number of pyridine rings is 1. The van der Waals surface area contributed by atoms with Gasteiger partial charge in [-0.2, -0.15) is 5.10 Å². The Bertz CT molecular complexity index is 1720. The van der Waals surface area contributed by atoms with Crippen molar-refractivity contribution in [3.05, 3.63) is 65.5 Å². The summed E-state index contributed by atoms with van der Waals surface area (Å²) in [5.41, 5.74) is 3.79. The Hall–Kier alpha value is -4.16. The maximum atomic E-state index is 13.5. The number of carbonyl (C=O) groups is 1. The molecule has 48 heavy (non-hydrogen) atoms. The number of carbonyl (C=O) groups excluding carboxylic acids is 1. The fraction of sp³-hybridized carbons (Fsp3) is 0.556. The summed E-state index contributed by atoms with van der Waals surface area (Å²) in [6.45, 7) is 14.5. The SMILES string of the molecule is C[C@H]1CCCCN1c1nnc2ccc(O[C@@H]3CC[C@H](NC(=O)Nc4cc(C(C)(C)C)nn4CCN4CCOCC4)c4ccccc43)cn12. The van der Waals surface area contributed by atoms with Crippen LogP contribution in [-0.2, 0) is 16.7 Å². The third-order valence-corrected chi connectivity index (χ3v) is 9.96. The monoisotopic (exact) mass is 655 g/mol. The second-order valence-electron chi connectivity index (χ2n) is 14.4. The van der Waals surface area contributed by atoms with Crippen molar-refractivity contribution < 1.29 is 14.3 Å². The fourth-order valence-electron chi connectivity index (χ4n) is 7.13. The molecule has 2 aliphatic heterocycles. The Balaban J connectivity index is 1.04. The molecule has 0 radical (unpaired) electrons. The van der Waals surface area contributed by atoms with Gasteiger partial charge in [0.2, 0.25) is 5.95 Å². The van der Waals surface area contributed by atoms with Crippen LogP contribution < -0.4 is 20.3 Å². The maximum Gasteiger partial charge on any atom is 0.320 e. The summed E-state index contributed by atoms with van der Waals surface area (Å²) in [6, 6.07) is 14.3. The van der Waals surface area contributed by atoms with E-state index in [1.807, 2.05) is 41.2 Å². The number of benzene rings is 1. The summed E-state index contributed by atoms with van der Waals surface area (Å²) in [4.78, 5) is 18.3. The number of amides is 2. The van der Waals surface area contributed by atoms with Crippen LogP contribution in [0, 0.1) is 0 Å². The summed E-state index contributed by atoms with van der Waals surface area (Å²) >= 11 is 0. The number of urea groups is 1. The van der Waals surface area contributed by atoms with Crippen LogP contribution in [-0.4, -0.2) is 80.7 Å². The number of nitrogens with one attached hydrogen (secondary N) is 2. The number of anilines is 2. The second kappa shape index (κ2) is 13.8. The highest BCUT2D eigenvalue weighted by Gasteiger charge is 2.30. The lowest BCUT2D eigenvalue weighted by Gasteiger charge is -2.33. The highest BCUT2D eigenvalue weighted by molar-refractivity contribution is 5.88. The van der Waals surface area contributed by atoms with Crippen LogP contribution >= 0.6 is 0 Å². The zero-order valence-corrected chi connectivity index (χ0v) is 28.7. The number of hydrogen-bond donors (Lipinski definition) is 2. The van der Waals surface area contributed by atoms with Gasteiger partial charge in [-0.3, -0.25) is 14.6 Å². The Morgan fingerprint density at radius 3 is 2.58 bits per heavy atom. The summed E-state index contributed by atoms with van der Waals surface area (Å²) in [7, 11) is 0. The molecule has 0 unspecified atom stereocenters. The van der Waals surface area contributed by atoms with E-state index in [1.165, 1.54) is 6.42 Å². The standard InChI is InChI=1S/C36H49N9O3/c1-25-9-7-8-16-43(25)35-40-39-32-15-12-26(24-44(32)35)48-30-14-13-29(27-10-5-6-11-28(27)30)37-34(46)38-33-23-31(36(2,3)4)41-45(33)18-17-42-19-21-47-22-20-42/h5-6,10-12,15,23-25,29-30H,7-9,13-14,16-22H2,1-4H3,(H2,37,38,46)/t25-,29-,30+/m0/s1. The molecule has 0 bridgehead atoms. The van der Waals surface area contributed by atoms with E-state index in [4.69, 9.17) is 14.6 Å². The quantitative estimate of drug-likeness (QED) is 0.248.